The molecular formula is C19H21FN2O. The molecule has 0 aliphatic heterocycles. The lowest BCUT2D eigenvalue weighted by Gasteiger charge is -2.17. The van der Waals surface area contributed by atoms with Crippen molar-refractivity contribution in [2.45, 2.75) is 24.8 Å². The van der Waals surface area contributed by atoms with Crippen LogP contribution >= 0.6 is 0 Å². The first-order valence-electron chi connectivity index (χ1n) is 7.81. The first kappa shape index (κ1) is 15.7. The van der Waals surface area contributed by atoms with Gasteiger partial charge in [0, 0.05) is 12.2 Å². The van der Waals surface area contributed by atoms with Gasteiger partial charge >= 0.3 is 0 Å². The van der Waals surface area contributed by atoms with Gasteiger partial charge in [-0.15, -0.1) is 0 Å². The Balaban J connectivity index is 1.75. The van der Waals surface area contributed by atoms with E-state index in [1.807, 2.05) is 38.4 Å². The summed E-state index contributed by atoms with van der Waals surface area (Å²) in [6, 6.07) is 14.2. The van der Waals surface area contributed by atoms with E-state index in [2.05, 4.69) is 10.2 Å². The van der Waals surface area contributed by atoms with Gasteiger partial charge in [0.05, 0.1) is 5.41 Å². The lowest BCUT2D eigenvalue weighted by molar-refractivity contribution is -0.118. The topological polar surface area (TPSA) is 32.3 Å². The molecule has 120 valence electrons. The van der Waals surface area contributed by atoms with E-state index >= 15 is 0 Å². The van der Waals surface area contributed by atoms with E-state index in [9.17, 15) is 9.18 Å². The molecule has 0 unspecified atom stereocenters. The molecule has 1 amide bonds. The number of carbonyl (C=O) groups is 1. The molecule has 0 atom stereocenters. The minimum absolute atomic E-state index is 0.00823. The van der Waals surface area contributed by atoms with Crippen LogP contribution in [0.2, 0.25) is 0 Å². The van der Waals surface area contributed by atoms with Gasteiger partial charge in [0.25, 0.3) is 0 Å². The molecule has 0 spiro atoms. The average molecular weight is 312 g/mol. The molecule has 23 heavy (non-hydrogen) atoms. The molecule has 1 fully saturated rings. The van der Waals surface area contributed by atoms with Crippen LogP contribution in [0.25, 0.3) is 0 Å². The largest absolute Gasteiger partial charge is 0.325 e. The molecule has 0 radical (unpaired) electrons. The predicted octanol–water partition coefficient (Wildman–Crippen LogP) is 3.56. The lowest BCUT2D eigenvalue weighted by atomic mass is 9.95. The molecular weight excluding hydrogens is 291 g/mol. The summed E-state index contributed by atoms with van der Waals surface area (Å²) in [4.78, 5) is 14.8. The van der Waals surface area contributed by atoms with Crippen molar-refractivity contribution in [2.24, 2.45) is 0 Å². The lowest BCUT2D eigenvalue weighted by Crippen LogP contribution is -2.27. The monoisotopic (exact) mass is 312 g/mol. The van der Waals surface area contributed by atoms with Crippen LogP contribution in [0.3, 0.4) is 0 Å². The summed E-state index contributed by atoms with van der Waals surface area (Å²) in [5, 5.41) is 3.02. The minimum Gasteiger partial charge on any atom is -0.325 e. The zero-order valence-corrected chi connectivity index (χ0v) is 13.5. The summed E-state index contributed by atoms with van der Waals surface area (Å²) < 4.78 is 13.1. The van der Waals surface area contributed by atoms with E-state index in [1.54, 1.807) is 12.1 Å². The second kappa shape index (κ2) is 6.13. The number of halogens is 1. The van der Waals surface area contributed by atoms with E-state index in [0.717, 1.165) is 36.2 Å². The Kier molecular flexibility index (Phi) is 4.18. The van der Waals surface area contributed by atoms with E-state index in [1.165, 1.54) is 12.1 Å². The maximum absolute atomic E-state index is 13.1. The maximum atomic E-state index is 13.1. The standard InChI is InChI=1S/C19H21FN2O/c1-22(2)13-14-4-3-5-17(12-14)21-18(23)19(10-11-19)15-6-8-16(20)9-7-15/h3-9,12H,10-11,13H2,1-2H3,(H,21,23). The van der Waals surface area contributed by atoms with Gasteiger partial charge in [0.15, 0.2) is 0 Å². The number of amides is 1. The van der Waals surface area contributed by atoms with Gasteiger partial charge in [-0.1, -0.05) is 24.3 Å². The fraction of sp³-hybridized carbons (Fsp3) is 0.316. The van der Waals surface area contributed by atoms with E-state index < -0.39 is 5.41 Å². The summed E-state index contributed by atoms with van der Waals surface area (Å²) >= 11 is 0. The maximum Gasteiger partial charge on any atom is 0.235 e. The number of anilines is 1. The van der Waals surface area contributed by atoms with Gasteiger partial charge in [-0.3, -0.25) is 4.79 Å². The number of carbonyl (C=O) groups excluding carboxylic acids is 1. The van der Waals surface area contributed by atoms with Crippen molar-refractivity contribution < 1.29 is 9.18 Å². The van der Waals surface area contributed by atoms with Gasteiger partial charge < -0.3 is 10.2 Å². The molecule has 0 saturated heterocycles. The molecule has 3 nitrogen and oxygen atoms in total. The molecule has 1 saturated carbocycles. The fourth-order valence-electron chi connectivity index (χ4n) is 2.90. The van der Waals surface area contributed by atoms with Crippen molar-refractivity contribution in [3.63, 3.8) is 0 Å². The molecule has 1 N–H and O–H groups in total. The van der Waals surface area contributed by atoms with Crippen LogP contribution in [0, 0.1) is 5.82 Å². The first-order valence-corrected chi connectivity index (χ1v) is 7.81. The molecule has 0 aromatic heterocycles. The number of hydrogen-bond donors (Lipinski definition) is 1. The fourth-order valence-corrected chi connectivity index (χ4v) is 2.90. The number of benzene rings is 2. The third-order valence-electron chi connectivity index (χ3n) is 4.27. The highest BCUT2D eigenvalue weighted by Gasteiger charge is 2.51. The number of rotatable bonds is 5. The number of nitrogens with one attached hydrogen (secondary N) is 1. The van der Waals surface area contributed by atoms with Crippen LogP contribution in [0.5, 0.6) is 0 Å². The summed E-state index contributed by atoms with van der Waals surface area (Å²) in [6.07, 6.45) is 1.61. The summed E-state index contributed by atoms with van der Waals surface area (Å²) in [7, 11) is 4.03. The Bertz CT molecular complexity index is 706. The molecule has 1 aliphatic rings. The van der Waals surface area contributed by atoms with Crippen molar-refractivity contribution in [2.75, 3.05) is 19.4 Å². The molecule has 4 heteroatoms. The van der Waals surface area contributed by atoms with E-state index in [4.69, 9.17) is 0 Å². The van der Waals surface area contributed by atoms with Crippen LogP contribution in [-0.2, 0) is 16.8 Å². The van der Waals surface area contributed by atoms with Crippen molar-refractivity contribution in [1.82, 2.24) is 4.90 Å². The van der Waals surface area contributed by atoms with Gasteiger partial charge in [-0.25, -0.2) is 4.39 Å². The average Bonchev–Trinajstić information content (AvgIpc) is 3.29. The van der Waals surface area contributed by atoms with E-state index in [-0.39, 0.29) is 11.7 Å². The van der Waals surface area contributed by atoms with Gasteiger partial charge in [-0.2, -0.15) is 0 Å². The van der Waals surface area contributed by atoms with Crippen LogP contribution < -0.4 is 5.32 Å². The van der Waals surface area contributed by atoms with Crippen molar-refractivity contribution in [3.8, 4) is 0 Å². The van der Waals surface area contributed by atoms with Crippen molar-refractivity contribution >= 4 is 11.6 Å². The van der Waals surface area contributed by atoms with Crippen LogP contribution in [0.4, 0.5) is 10.1 Å². The van der Waals surface area contributed by atoms with E-state index in [0.29, 0.717) is 0 Å². The minimum atomic E-state index is -0.495. The van der Waals surface area contributed by atoms with Crippen molar-refractivity contribution in [3.05, 3.63) is 65.5 Å². The molecule has 2 aromatic rings. The van der Waals surface area contributed by atoms with Crippen LogP contribution in [0.1, 0.15) is 24.0 Å². The molecule has 2 aromatic carbocycles. The highest BCUT2D eigenvalue weighted by molar-refractivity contribution is 6.01. The highest BCUT2D eigenvalue weighted by Crippen LogP contribution is 2.49. The van der Waals surface area contributed by atoms with Crippen LogP contribution in [0.15, 0.2) is 48.5 Å². The number of hydrogen-bond acceptors (Lipinski definition) is 2. The third kappa shape index (κ3) is 3.42. The first-order chi connectivity index (χ1) is 11.0. The second-order valence-corrected chi connectivity index (χ2v) is 6.48. The summed E-state index contributed by atoms with van der Waals surface area (Å²) in [5.74, 6) is -0.285. The molecule has 0 bridgehead atoms. The Morgan fingerprint density at radius 3 is 2.48 bits per heavy atom. The quantitative estimate of drug-likeness (QED) is 0.915. The number of nitrogens with zero attached hydrogens (tertiary/aromatic N) is 1. The molecule has 0 heterocycles. The van der Waals surface area contributed by atoms with Crippen molar-refractivity contribution in [1.29, 1.82) is 0 Å². The molecule has 1 aliphatic carbocycles. The summed E-state index contributed by atoms with van der Waals surface area (Å²) in [6.45, 7) is 0.826. The van der Waals surface area contributed by atoms with Gasteiger partial charge in [-0.05, 0) is 62.3 Å². The zero-order valence-electron chi connectivity index (χ0n) is 13.5. The Morgan fingerprint density at radius 1 is 1.17 bits per heavy atom. The Labute approximate surface area is 136 Å². The summed E-state index contributed by atoms with van der Waals surface area (Å²) in [5.41, 5.74) is 2.36. The highest BCUT2D eigenvalue weighted by atomic mass is 19.1. The smallest absolute Gasteiger partial charge is 0.235 e. The predicted molar refractivity (Wildman–Crippen MR) is 89.8 cm³/mol. The normalized spacial score (nSPS) is 15.5. The van der Waals surface area contributed by atoms with Gasteiger partial charge in [0.2, 0.25) is 5.91 Å². The van der Waals surface area contributed by atoms with Gasteiger partial charge in [0.1, 0.15) is 5.82 Å². The Morgan fingerprint density at radius 2 is 1.87 bits per heavy atom. The Hall–Kier alpha value is -2.20. The molecule has 3 rings (SSSR count). The third-order valence-corrected chi connectivity index (χ3v) is 4.27. The zero-order chi connectivity index (χ0) is 16.4. The SMILES string of the molecule is CN(C)Cc1cccc(NC(=O)C2(c3ccc(F)cc3)CC2)c1. The second-order valence-electron chi connectivity index (χ2n) is 6.48. The van der Waals surface area contributed by atoms with Crippen LogP contribution in [-0.4, -0.2) is 24.9 Å².